The van der Waals surface area contributed by atoms with Gasteiger partial charge < -0.3 is 5.32 Å². The zero-order valence-corrected chi connectivity index (χ0v) is 10.2. The van der Waals surface area contributed by atoms with Crippen molar-refractivity contribution in [1.29, 1.82) is 0 Å². The highest BCUT2D eigenvalue weighted by Gasteiger charge is 2.03. The summed E-state index contributed by atoms with van der Waals surface area (Å²) >= 11 is 7.53. The smallest absolute Gasteiger partial charge is 0.125 e. The lowest BCUT2D eigenvalue weighted by Gasteiger charge is -2.06. The van der Waals surface area contributed by atoms with E-state index in [0.717, 1.165) is 9.88 Å². The third-order valence-corrected chi connectivity index (χ3v) is 3.29. The molecule has 0 amide bonds. The molecule has 0 aliphatic rings. The van der Waals surface area contributed by atoms with Crippen LogP contribution in [0.5, 0.6) is 0 Å². The molecule has 84 valence electrons. The van der Waals surface area contributed by atoms with Crippen LogP contribution in [0.1, 0.15) is 9.88 Å². The van der Waals surface area contributed by atoms with Gasteiger partial charge in [-0.25, -0.2) is 9.37 Å². The van der Waals surface area contributed by atoms with Gasteiger partial charge in [0.1, 0.15) is 5.82 Å². The molecule has 2 aromatic rings. The normalized spacial score (nSPS) is 10.4. The van der Waals surface area contributed by atoms with Gasteiger partial charge in [-0.1, -0.05) is 11.6 Å². The average molecular weight is 257 g/mol. The van der Waals surface area contributed by atoms with Crippen LogP contribution in [0.2, 0.25) is 5.02 Å². The minimum atomic E-state index is -0.299. The predicted molar refractivity (Wildman–Crippen MR) is 65.6 cm³/mol. The number of aromatic nitrogens is 1. The highest BCUT2D eigenvalue weighted by atomic mass is 35.5. The van der Waals surface area contributed by atoms with E-state index in [9.17, 15) is 4.39 Å². The lowest BCUT2D eigenvalue weighted by atomic mass is 10.3. The third-order valence-electron chi connectivity index (χ3n) is 2.05. The Balaban J connectivity index is 2.07. The first-order chi connectivity index (χ1) is 7.65. The topological polar surface area (TPSA) is 24.9 Å². The van der Waals surface area contributed by atoms with Crippen molar-refractivity contribution in [2.24, 2.45) is 0 Å². The van der Waals surface area contributed by atoms with Gasteiger partial charge in [-0.15, -0.1) is 11.3 Å². The van der Waals surface area contributed by atoms with Crippen LogP contribution >= 0.6 is 22.9 Å². The Morgan fingerprint density at radius 3 is 3.00 bits per heavy atom. The largest absolute Gasteiger partial charge is 0.379 e. The summed E-state index contributed by atoms with van der Waals surface area (Å²) in [5.41, 5.74) is 0.604. The van der Waals surface area contributed by atoms with Crippen LogP contribution in [0.15, 0.2) is 24.4 Å². The highest BCUT2D eigenvalue weighted by Crippen LogP contribution is 2.23. The van der Waals surface area contributed by atoms with Gasteiger partial charge in [-0.05, 0) is 25.1 Å². The number of anilines is 1. The Kier molecular flexibility index (Phi) is 3.41. The molecule has 0 atom stereocenters. The standard InChI is InChI=1S/C11H10ClFN2S/c1-7-14-5-9(16-7)6-15-11-4-8(13)2-3-10(11)12/h2-5,15H,6H2,1H3. The number of benzene rings is 1. The summed E-state index contributed by atoms with van der Waals surface area (Å²) in [4.78, 5) is 5.24. The van der Waals surface area contributed by atoms with Gasteiger partial charge in [-0.3, -0.25) is 0 Å². The minimum Gasteiger partial charge on any atom is -0.379 e. The van der Waals surface area contributed by atoms with Gasteiger partial charge in [0.2, 0.25) is 0 Å². The monoisotopic (exact) mass is 256 g/mol. The second-order valence-electron chi connectivity index (χ2n) is 3.32. The first kappa shape index (κ1) is 11.4. The summed E-state index contributed by atoms with van der Waals surface area (Å²) in [7, 11) is 0. The summed E-state index contributed by atoms with van der Waals surface area (Å²) in [6.45, 7) is 2.55. The second-order valence-corrected chi connectivity index (χ2v) is 5.05. The molecule has 0 aliphatic carbocycles. The van der Waals surface area contributed by atoms with E-state index in [4.69, 9.17) is 11.6 Å². The molecule has 1 heterocycles. The molecule has 2 nitrogen and oxygen atoms in total. The molecule has 0 saturated heterocycles. The molecule has 0 spiro atoms. The molecule has 0 radical (unpaired) electrons. The second kappa shape index (κ2) is 4.80. The van der Waals surface area contributed by atoms with Crippen LogP contribution in [-0.2, 0) is 6.54 Å². The maximum absolute atomic E-state index is 13.0. The number of thiazole rings is 1. The SMILES string of the molecule is Cc1ncc(CNc2cc(F)ccc2Cl)s1. The van der Waals surface area contributed by atoms with Crippen LogP contribution < -0.4 is 5.32 Å². The Labute approximate surface area is 102 Å². The van der Waals surface area contributed by atoms with E-state index in [-0.39, 0.29) is 5.82 Å². The summed E-state index contributed by atoms with van der Waals surface area (Å²) in [6.07, 6.45) is 1.81. The van der Waals surface area contributed by atoms with Crippen molar-refractivity contribution >= 4 is 28.6 Å². The van der Waals surface area contributed by atoms with Gasteiger partial charge in [0.05, 0.1) is 22.3 Å². The average Bonchev–Trinajstić information content (AvgIpc) is 2.66. The summed E-state index contributed by atoms with van der Waals surface area (Å²) < 4.78 is 13.0. The van der Waals surface area contributed by atoms with Crippen molar-refractivity contribution in [2.75, 3.05) is 5.32 Å². The molecule has 1 aromatic heterocycles. The number of rotatable bonds is 3. The molecule has 16 heavy (non-hydrogen) atoms. The Morgan fingerprint density at radius 1 is 1.50 bits per heavy atom. The van der Waals surface area contributed by atoms with E-state index >= 15 is 0 Å². The maximum Gasteiger partial charge on any atom is 0.125 e. The molecule has 5 heteroatoms. The fraction of sp³-hybridized carbons (Fsp3) is 0.182. The van der Waals surface area contributed by atoms with Crippen molar-refractivity contribution < 1.29 is 4.39 Å². The fourth-order valence-electron chi connectivity index (χ4n) is 1.30. The van der Waals surface area contributed by atoms with Crippen LogP contribution in [0.3, 0.4) is 0 Å². The lowest BCUT2D eigenvalue weighted by Crippen LogP contribution is -1.98. The molecule has 0 bridgehead atoms. The van der Waals surface area contributed by atoms with E-state index in [0.29, 0.717) is 17.3 Å². The predicted octanol–water partition coefficient (Wildman–Crippen LogP) is 3.86. The number of nitrogens with zero attached hydrogens (tertiary/aromatic N) is 1. The van der Waals surface area contributed by atoms with E-state index in [1.54, 1.807) is 17.5 Å². The fourth-order valence-corrected chi connectivity index (χ4v) is 2.22. The zero-order valence-electron chi connectivity index (χ0n) is 8.63. The van der Waals surface area contributed by atoms with Crippen LogP contribution in [-0.4, -0.2) is 4.98 Å². The summed E-state index contributed by atoms with van der Waals surface area (Å²) in [5, 5.41) is 4.61. The van der Waals surface area contributed by atoms with E-state index < -0.39 is 0 Å². The number of aryl methyl sites for hydroxylation is 1. The first-order valence-corrected chi connectivity index (χ1v) is 5.95. The maximum atomic E-state index is 13.0. The van der Waals surface area contributed by atoms with E-state index in [2.05, 4.69) is 10.3 Å². The van der Waals surface area contributed by atoms with E-state index in [1.807, 2.05) is 6.92 Å². The Morgan fingerprint density at radius 2 is 2.31 bits per heavy atom. The molecule has 0 saturated carbocycles. The third kappa shape index (κ3) is 2.71. The Bertz CT molecular complexity index is 498. The number of hydrogen-bond acceptors (Lipinski definition) is 3. The van der Waals surface area contributed by atoms with Gasteiger partial charge >= 0.3 is 0 Å². The van der Waals surface area contributed by atoms with Gasteiger partial charge in [-0.2, -0.15) is 0 Å². The van der Waals surface area contributed by atoms with Crippen LogP contribution in [0.25, 0.3) is 0 Å². The van der Waals surface area contributed by atoms with Gasteiger partial charge in [0, 0.05) is 11.1 Å². The van der Waals surface area contributed by atoms with Gasteiger partial charge in [0.15, 0.2) is 0 Å². The van der Waals surface area contributed by atoms with Crippen LogP contribution in [0, 0.1) is 12.7 Å². The van der Waals surface area contributed by atoms with Crippen molar-refractivity contribution in [1.82, 2.24) is 4.98 Å². The molecule has 0 unspecified atom stereocenters. The zero-order chi connectivity index (χ0) is 11.5. The quantitative estimate of drug-likeness (QED) is 0.902. The molecule has 1 aromatic carbocycles. The lowest BCUT2D eigenvalue weighted by molar-refractivity contribution is 0.628. The molecular formula is C11H10ClFN2S. The van der Waals surface area contributed by atoms with Crippen molar-refractivity contribution in [3.05, 3.63) is 45.1 Å². The summed E-state index contributed by atoms with van der Waals surface area (Å²) in [5.74, 6) is -0.299. The minimum absolute atomic E-state index is 0.299. The molecular weight excluding hydrogens is 247 g/mol. The molecule has 0 aliphatic heterocycles. The van der Waals surface area contributed by atoms with Crippen LogP contribution in [0.4, 0.5) is 10.1 Å². The highest BCUT2D eigenvalue weighted by molar-refractivity contribution is 7.11. The van der Waals surface area contributed by atoms with Gasteiger partial charge in [0.25, 0.3) is 0 Å². The van der Waals surface area contributed by atoms with Crippen molar-refractivity contribution in [2.45, 2.75) is 13.5 Å². The molecule has 2 rings (SSSR count). The molecule has 1 N–H and O–H groups in total. The Hall–Kier alpha value is -1.13. The van der Waals surface area contributed by atoms with Crippen molar-refractivity contribution in [3.63, 3.8) is 0 Å². The molecule has 0 fully saturated rings. The summed E-state index contributed by atoms with van der Waals surface area (Å²) in [6, 6.07) is 4.26. The van der Waals surface area contributed by atoms with Crippen molar-refractivity contribution in [3.8, 4) is 0 Å². The number of hydrogen-bond donors (Lipinski definition) is 1. The number of halogens is 2. The first-order valence-electron chi connectivity index (χ1n) is 4.75. The van der Waals surface area contributed by atoms with E-state index in [1.165, 1.54) is 18.2 Å². The number of nitrogens with one attached hydrogen (secondary N) is 1.